The second-order valence-electron chi connectivity index (χ2n) is 6.41. The minimum absolute atomic E-state index is 0.476. The van der Waals surface area contributed by atoms with Gasteiger partial charge in [-0.3, -0.25) is 4.90 Å². The molecule has 3 aromatic rings. The van der Waals surface area contributed by atoms with Crippen LogP contribution in [0.4, 0.5) is 0 Å². The molecule has 0 amide bonds. The van der Waals surface area contributed by atoms with E-state index >= 15 is 0 Å². The molecule has 0 bridgehead atoms. The van der Waals surface area contributed by atoms with Crippen LogP contribution in [-0.2, 0) is 6.54 Å². The number of aryl methyl sites for hydroxylation is 1. The SMILES string of the molecule is Cc1cc(-n2cccn2)ccc1CN1CCCCC1c1nccs1. The van der Waals surface area contributed by atoms with E-state index in [2.05, 4.69) is 45.5 Å². The van der Waals surface area contributed by atoms with Crippen LogP contribution < -0.4 is 0 Å². The minimum atomic E-state index is 0.476. The first-order valence-electron chi connectivity index (χ1n) is 8.54. The van der Waals surface area contributed by atoms with Gasteiger partial charge in [-0.25, -0.2) is 9.67 Å². The van der Waals surface area contributed by atoms with Gasteiger partial charge in [-0.15, -0.1) is 11.3 Å². The van der Waals surface area contributed by atoms with E-state index in [1.807, 2.05) is 29.3 Å². The van der Waals surface area contributed by atoms with Gasteiger partial charge in [-0.1, -0.05) is 12.5 Å². The number of rotatable bonds is 4. The van der Waals surface area contributed by atoms with Gasteiger partial charge in [0.15, 0.2) is 0 Å². The quantitative estimate of drug-likeness (QED) is 0.708. The molecule has 24 heavy (non-hydrogen) atoms. The molecule has 4 nitrogen and oxygen atoms in total. The first kappa shape index (κ1) is 15.5. The van der Waals surface area contributed by atoms with Gasteiger partial charge in [0.05, 0.1) is 11.7 Å². The van der Waals surface area contributed by atoms with Gasteiger partial charge >= 0.3 is 0 Å². The maximum Gasteiger partial charge on any atom is 0.110 e. The molecule has 1 aromatic carbocycles. The summed E-state index contributed by atoms with van der Waals surface area (Å²) in [4.78, 5) is 7.16. The first-order valence-corrected chi connectivity index (χ1v) is 9.42. The van der Waals surface area contributed by atoms with Crippen molar-refractivity contribution in [2.45, 2.75) is 38.8 Å². The summed E-state index contributed by atoms with van der Waals surface area (Å²) in [5, 5.41) is 7.67. The van der Waals surface area contributed by atoms with E-state index in [0.29, 0.717) is 6.04 Å². The molecule has 1 aliphatic heterocycles. The molecule has 1 unspecified atom stereocenters. The van der Waals surface area contributed by atoms with E-state index in [9.17, 15) is 0 Å². The fraction of sp³-hybridized carbons (Fsp3) is 0.368. The Kier molecular flexibility index (Phi) is 4.45. The fourth-order valence-electron chi connectivity index (χ4n) is 3.50. The molecule has 3 heterocycles. The largest absolute Gasteiger partial charge is 0.290 e. The first-order chi connectivity index (χ1) is 11.8. The van der Waals surface area contributed by atoms with Crippen molar-refractivity contribution in [1.82, 2.24) is 19.7 Å². The summed E-state index contributed by atoms with van der Waals surface area (Å²) in [6.07, 6.45) is 9.53. The summed E-state index contributed by atoms with van der Waals surface area (Å²) in [5.74, 6) is 0. The van der Waals surface area contributed by atoms with Crippen molar-refractivity contribution in [2.24, 2.45) is 0 Å². The van der Waals surface area contributed by atoms with E-state index in [0.717, 1.165) is 18.8 Å². The number of thiazole rings is 1. The zero-order valence-electron chi connectivity index (χ0n) is 13.9. The monoisotopic (exact) mass is 338 g/mol. The second-order valence-corrected chi connectivity index (χ2v) is 7.34. The van der Waals surface area contributed by atoms with Crippen molar-refractivity contribution in [2.75, 3.05) is 6.54 Å². The number of aromatic nitrogens is 3. The highest BCUT2D eigenvalue weighted by atomic mass is 32.1. The number of likely N-dealkylation sites (tertiary alicyclic amines) is 1. The third-order valence-electron chi connectivity index (χ3n) is 4.82. The van der Waals surface area contributed by atoms with Crippen molar-refractivity contribution in [3.05, 3.63) is 64.4 Å². The summed E-state index contributed by atoms with van der Waals surface area (Å²) in [7, 11) is 0. The van der Waals surface area contributed by atoms with Gasteiger partial charge in [0.2, 0.25) is 0 Å². The third-order valence-corrected chi connectivity index (χ3v) is 5.70. The van der Waals surface area contributed by atoms with Crippen LogP contribution in [0.2, 0.25) is 0 Å². The average Bonchev–Trinajstić information content (AvgIpc) is 3.31. The summed E-state index contributed by atoms with van der Waals surface area (Å²) < 4.78 is 1.91. The lowest BCUT2D eigenvalue weighted by Gasteiger charge is -2.34. The smallest absolute Gasteiger partial charge is 0.110 e. The zero-order valence-corrected chi connectivity index (χ0v) is 14.7. The lowest BCUT2D eigenvalue weighted by molar-refractivity contribution is 0.140. The fourth-order valence-corrected chi connectivity index (χ4v) is 4.31. The summed E-state index contributed by atoms with van der Waals surface area (Å²) in [5.41, 5.74) is 3.84. The van der Waals surface area contributed by atoms with Crippen molar-refractivity contribution >= 4 is 11.3 Å². The molecule has 0 aliphatic carbocycles. The van der Waals surface area contributed by atoms with Crippen LogP contribution in [0.15, 0.2) is 48.2 Å². The van der Waals surface area contributed by atoms with Crippen LogP contribution in [0.25, 0.3) is 5.69 Å². The van der Waals surface area contributed by atoms with Crippen LogP contribution in [0, 0.1) is 6.92 Å². The van der Waals surface area contributed by atoms with Crippen LogP contribution in [-0.4, -0.2) is 26.2 Å². The summed E-state index contributed by atoms with van der Waals surface area (Å²) in [6, 6.07) is 9.07. The Hall–Kier alpha value is -1.98. The molecule has 5 heteroatoms. The Bertz CT molecular complexity index is 780. The average molecular weight is 338 g/mol. The van der Waals surface area contributed by atoms with Gasteiger partial charge in [-0.05, 0) is 55.6 Å². The molecule has 1 aliphatic rings. The third kappa shape index (κ3) is 3.14. The standard InChI is InChI=1S/C19H22N4S/c1-15-13-17(23-11-4-8-21-23)7-6-16(15)14-22-10-3-2-5-18(22)19-20-9-12-24-19/h4,6-9,11-13,18H,2-3,5,10,14H2,1H3. The molecule has 0 N–H and O–H groups in total. The zero-order chi connectivity index (χ0) is 16.4. The molecule has 0 radical (unpaired) electrons. The molecular weight excluding hydrogens is 316 g/mol. The Labute approximate surface area is 146 Å². The van der Waals surface area contributed by atoms with Crippen molar-refractivity contribution in [3.8, 4) is 5.69 Å². The number of nitrogens with zero attached hydrogens (tertiary/aromatic N) is 4. The van der Waals surface area contributed by atoms with Crippen LogP contribution >= 0.6 is 11.3 Å². The Morgan fingerprint density at radius 3 is 2.96 bits per heavy atom. The van der Waals surface area contributed by atoms with E-state index in [1.54, 1.807) is 11.3 Å². The van der Waals surface area contributed by atoms with Gasteiger partial charge in [0, 0.05) is 30.5 Å². The van der Waals surface area contributed by atoms with E-state index in [1.165, 1.54) is 35.4 Å². The van der Waals surface area contributed by atoms with Crippen LogP contribution in [0.1, 0.15) is 41.4 Å². The molecule has 2 aromatic heterocycles. The highest BCUT2D eigenvalue weighted by molar-refractivity contribution is 7.09. The van der Waals surface area contributed by atoms with Gasteiger partial charge in [-0.2, -0.15) is 5.10 Å². The highest BCUT2D eigenvalue weighted by Gasteiger charge is 2.26. The van der Waals surface area contributed by atoms with E-state index in [4.69, 9.17) is 0 Å². The van der Waals surface area contributed by atoms with Crippen molar-refractivity contribution in [1.29, 1.82) is 0 Å². The lowest BCUT2D eigenvalue weighted by atomic mass is 10.00. The van der Waals surface area contributed by atoms with E-state index in [-0.39, 0.29) is 0 Å². The van der Waals surface area contributed by atoms with Crippen LogP contribution in [0.3, 0.4) is 0 Å². The lowest BCUT2D eigenvalue weighted by Crippen LogP contribution is -2.33. The van der Waals surface area contributed by atoms with Gasteiger partial charge < -0.3 is 0 Å². The van der Waals surface area contributed by atoms with E-state index < -0.39 is 0 Å². The minimum Gasteiger partial charge on any atom is -0.290 e. The number of benzene rings is 1. The molecule has 1 atom stereocenters. The number of hydrogen-bond acceptors (Lipinski definition) is 4. The summed E-state index contributed by atoms with van der Waals surface area (Å²) in [6.45, 7) is 4.35. The number of piperidine rings is 1. The molecule has 0 spiro atoms. The molecule has 4 rings (SSSR count). The molecular formula is C19H22N4S. The Morgan fingerprint density at radius 1 is 1.25 bits per heavy atom. The maximum atomic E-state index is 4.57. The van der Waals surface area contributed by atoms with Crippen LogP contribution in [0.5, 0.6) is 0 Å². The molecule has 1 saturated heterocycles. The molecule has 1 fully saturated rings. The normalized spacial score (nSPS) is 18.8. The molecule has 0 saturated carbocycles. The van der Waals surface area contributed by atoms with Gasteiger partial charge in [0.1, 0.15) is 5.01 Å². The Balaban J connectivity index is 1.55. The highest BCUT2D eigenvalue weighted by Crippen LogP contribution is 2.33. The second kappa shape index (κ2) is 6.87. The predicted molar refractivity (Wildman–Crippen MR) is 97.4 cm³/mol. The van der Waals surface area contributed by atoms with Crippen molar-refractivity contribution in [3.63, 3.8) is 0 Å². The Morgan fingerprint density at radius 2 is 2.21 bits per heavy atom. The predicted octanol–water partition coefficient (Wildman–Crippen LogP) is 4.36. The summed E-state index contributed by atoms with van der Waals surface area (Å²) >= 11 is 1.78. The maximum absolute atomic E-state index is 4.57. The van der Waals surface area contributed by atoms with Gasteiger partial charge in [0.25, 0.3) is 0 Å². The molecule has 124 valence electrons. The van der Waals surface area contributed by atoms with Crippen molar-refractivity contribution < 1.29 is 0 Å². The number of hydrogen-bond donors (Lipinski definition) is 0. The topological polar surface area (TPSA) is 34.0 Å².